The molecule has 0 amide bonds. The highest BCUT2D eigenvalue weighted by atomic mass is 14.7. The van der Waals surface area contributed by atoms with E-state index in [4.69, 9.17) is 5.26 Å². The van der Waals surface area contributed by atoms with Crippen molar-refractivity contribution in [1.29, 1.82) is 5.26 Å². The predicted molar refractivity (Wildman–Crippen MR) is 54.8 cm³/mol. The summed E-state index contributed by atoms with van der Waals surface area (Å²) in [4.78, 5) is 4.51. The van der Waals surface area contributed by atoms with Gasteiger partial charge in [-0.15, -0.1) is 0 Å². The van der Waals surface area contributed by atoms with Crippen molar-refractivity contribution in [3.8, 4) is 6.07 Å². The Kier molecular flexibility index (Phi) is 4.53. The van der Waals surface area contributed by atoms with E-state index < -0.39 is 0 Å². The van der Waals surface area contributed by atoms with E-state index in [-0.39, 0.29) is 5.92 Å². The molecular weight excluding hydrogens is 160 g/mol. The minimum atomic E-state index is 0.151. The highest BCUT2D eigenvalue weighted by Crippen LogP contribution is 2.15. The lowest BCUT2D eigenvalue weighted by atomic mass is 10.1. The van der Waals surface area contributed by atoms with E-state index in [1.165, 1.54) is 31.4 Å². The number of nitriles is 1. The van der Waals surface area contributed by atoms with Gasteiger partial charge in [0.1, 0.15) is 0 Å². The van der Waals surface area contributed by atoms with Gasteiger partial charge in [-0.25, -0.2) is 0 Å². The maximum absolute atomic E-state index is 8.81. The Morgan fingerprint density at radius 1 is 1.46 bits per heavy atom. The first-order chi connectivity index (χ1) is 6.36. The first-order valence-electron chi connectivity index (χ1n) is 5.28. The molecule has 0 spiro atoms. The largest absolute Gasteiger partial charge is 0.293 e. The van der Waals surface area contributed by atoms with Crippen LogP contribution in [0.1, 0.15) is 45.4 Å². The van der Waals surface area contributed by atoms with Gasteiger partial charge in [-0.3, -0.25) is 4.99 Å². The quantitative estimate of drug-likeness (QED) is 0.652. The Bertz CT molecular complexity index is 205. The lowest BCUT2D eigenvalue weighted by Crippen LogP contribution is -2.03. The van der Waals surface area contributed by atoms with Gasteiger partial charge < -0.3 is 0 Å². The SMILES string of the molecule is CCCC(C#N)CN=C1CCCC1. The van der Waals surface area contributed by atoms with Crippen LogP contribution in [0.3, 0.4) is 0 Å². The van der Waals surface area contributed by atoms with Crippen LogP contribution in [-0.2, 0) is 0 Å². The number of hydrogen-bond donors (Lipinski definition) is 0. The van der Waals surface area contributed by atoms with Gasteiger partial charge in [-0.05, 0) is 32.1 Å². The van der Waals surface area contributed by atoms with Crippen LogP contribution < -0.4 is 0 Å². The summed E-state index contributed by atoms with van der Waals surface area (Å²) in [7, 11) is 0. The molecule has 1 aliphatic carbocycles. The average molecular weight is 178 g/mol. The van der Waals surface area contributed by atoms with E-state index in [0.717, 1.165) is 19.4 Å². The lowest BCUT2D eigenvalue weighted by Gasteiger charge is -2.03. The number of nitrogens with zero attached hydrogens (tertiary/aromatic N) is 2. The smallest absolute Gasteiger partial charge is 0.0675 e. The van der Waals surface area contributed by atoms with Crippen LogP contribution >= 0.6 is 0 Å². The molecule has 1 aliphatic rings. The molecule has 0 aromatic carbocycles. The molecule has 0 aliphatic heterocycles. The Labute approximate surface area is 80.7 Å². The molecule has 2 nitrogen and oxygen atoms in total. The van der Waals surface area contributed by atoms with E-state index in [2.05, 4.69) is 18.0 Å². The van der Waals surface area contributed by atoms with Gasteiger partial charge in [0, 0.05) is 5.71 Å². The maximum atomic E-state index is 8.81. The molecule has 0 radical (unpaired) electrons. The molecular formula is C11H18N2. The Hall–Kier alpha value is -0.840. The summed E-state index contributed by atoms with van der Waals surface area (Å²) < 4.78 is 0. The van der Waals surface area contributed by atoms with E-state index in [1.54, 1.807) is 0 Å². The number of aliphatic imine (C=N–C) groups is 1. The second kappa shape index (κ2) is 5.75. The zero-order valence-electron chi connectivity index (χ0n) is 8.42. The van der Waals surface area contributed by atoms with Crippen molar-refractivity contribution in [2.24, 2.45) is 10.9 Å². The van der Waals surface area contributed by atoms with Crippen LogP contribution in [0.5, 0.6) is 0 Å². The van der Waals surface area contributed by atoms with Gasteiger partial charge in [0.2, 0.25) is 0 Å². The molecule has 1 rings (SSSR count). The van der Waals surface area contributed by atoms with E-state index in [9.17, 15) is 0 Å². The fourth-order valence-electron chi connectivity index (χ4n) is 1.73. The first kappa shape index (κ1) is 10.2. The third-order valence-corrected chi connectivity index (χ3v) is 2.54. The zero-order valence-corrected chi connectivity index (χ0v) is 8.42. The van der Waals surface area contributed by atoms with Crippen LogP contribution in [0, 0.1) is 17.2 Å². The minimum Gasteiger partial charge on any atom is -0.293 e. The van der Waals surface area contributed by atoms with Crippen molar-refractivity contribution in [2.45, 2.75) is 45.4 Å². The predicted octanol–water partition coefficient (Wildman–Crippen LogP) is 2.94. The summed E-state index contributed by atoms with van der Waals surface area (Å²) in [5.74, 6) is 0.151. The van der Waals surface area contributed by atoms with Gasteiger partial charge in [0.15, 0.2) is 0 Å². The molecule has 0 heterocycles. The minimum absolute atomic E-state index is 0.151. The van der Waals surface area contributed by atoms with Gasteiger partial charge in [-0.1, -0.05) is 13.3 Å². The summed E-state index contributed by atoms with van der Waals surface area (Å²) >= 11 is 0. The molecule has 1 saturated carbocycles. The topological polar surface area (TPSA) is 36.1 Å². The Morgan fingerprint density at radius 2 is 2.15 bits per heavy atom. The third kappa shape index (κ3) is 3.59. The van der Waals surface area contributed by atoms with Crippen LogP contribution in [0.4, 0.5) is 0 Å². The van der Waals surface area contributed by atoms with Crippen LogP contribution in [0.25, 0.3) is 0 Å². The fraction of sp³-hybridized carbons (Fsp3) is 0.818. The van der Waals surface area contributed by atoms with Crippen molar-refractivity contribution < 1.29 is 0 Å². The van der Waals surface area contributed by atoms with Crippen molar-refractivity contribution in [1.82, 2.24) is 0 Å². The molecule has 1 atom stereocenters. The number of rotatable bonds is 4. The standard InChI is InChI=1S/C11H18N2/c1-2-5-10(8-12)9-13-11-6-3-4-7-11/h10H,2-7,9H2,1H3. The van der Waals surface area contributed by atoms with Crippen LogP contribution in [0.2, 0.25) is 0 Å². The normalized spacial score (nSPS) is 18.3. The second-order valence-electron chi connectivity index (χ2n) is 3.73. The molecule has 1 unspecified atom stereocenters. The van der Waals surface area contributed by atoms with Crippen LogP contribution in [-0.4, -0.2) is 12.3 Å². The Balaban J connectivity index is 2.30. The molecule has 0 bridgehead atoms. The third-order valence-electron chi connectivity index (χ3n) is 2.54. The van der Waals surface area contributed by atoms with E-state index in [0.29, 0.717) is 0 Å². The van der Waals surface area contributed by atoms with Crippen molar-refractivity contribution in [2.75, 3.05) is 6.54 Å². The summed E-state index contributed by atoms with van der Waals surface area (Å²) in [6.45, 7) is 2.85. The molecule has 0 saturated heterocycles. The fourth-order valence-corrected chi connectivity index (χ4v) is 1.73. The molecule has 1 fully saturated rings. The maximum Gasteiger partial charge on any atom is 0.0675 e. The summed E-state index contributed by atoms with van der Waals surface area (Å²) in [5, 5.41) is 8.81. The second-order valence-corrected chi connectivity index (χ2v) is 3.73. The molecule has 72 valence electrons. The van der Waals surface area contributed by atoms with Gasteiger partial charge >= 0.3 is 0 Å². The van der Waals surface area contributed by atoms with E-state index >= 15 is 0 Å². The average Bonchev–Trinajstić information content (AvgIpc) is 2.64. The van der Waals surface area contributed by atoms with Crippen molar-refractivity contribution >= 4 is 5.71 Å². The zero-order chi connectivity index (χ0) is 9.52. The molecule has 0 aromatic heterocycles. The monoisotopic (exact) mass is 178 g/mol. The number of hydrogen-bond acceptors (Lipinski definition) is 2. The van der Waals surface area contributed by atoms with Gasteiger partial charge in [0.25, 0.3) is 0 Å². The highest BCUT2D eigenvalue weighted by molar-refractivity contribution is 5.86. The van der Waals surface area contributed by atoms with Crippen molar-refractivity contribution in [3.63, 3.8) is 0 Å². The summed E-state index contributed by atoms with van der Waals surface area (Å²) in [6.07, 6.45) is 7.01. The molecule has 0 aromatic rings. The highest BCUT2D eigenvalue weighted by Gasteiger charge is 2.09. The summed E-state index contributed by atoms with van der Waals surface area (Å²) in [5.41, 5.74) is 1.34. The van der Waals surface area contributed by atoms with E-state index in [1.807, 2.05) is 0 Å². The molecule has 0 N–H and O–H groups in total. The lowest BCUT2D eigenvalue weighted by molar-refractivity contribution is 0.603. The first-order valence-corrected chi connectivity index (χ1v) is 5.28. The summed E-state index contributed by atoms with van der Waals surface area (Å²) in [6, 6.07) is 2.32. The molecule has 2 heteroatoms. The van der Waals surface area contributed by atoms with Gasteiger partial charge in [-0.2, -0.15) is 5.26 Å². The van der Waals surface area contributed by atoms with Crippen LogP contribution in [0.15, 0.2) is 4.99 Å². The van der Waals surface area contributed by atoms with Crippen molar-refractivity contribution in [3.05, 3.63) is 0 Å². The van der Waals surface area contributed by atoms with Gasteiger partial charge in [0.05, 0.1) is 18.5 Å². The Morgan fingerprint density at radius 3 is 2.69 bits per heavy atom. The molecule has 13 heavy (non-hydrogen) atoms.